The fourth-order valence-electron chi connectivity index (χ4n) is 2.16. The molecule has 0 unspecified atom stereocenters. The van der Waals surface area contributed by atoms with Crippen molar-refractivity contribution in [1.29, 1.82) is 0 Å². The fraction of sp³-hybridized carbons (Fsp3) is 0.222. The van der Waals surface area contributed by atoms with E-state index in [-0.39, 0.29) is 22.9 Å². The average molecular weight is 410 g/mol. The molecule has 9 heteroatoms. The van der Waals surface area contributed by atoms with Gasteiger partial charge in [0, 0.05) is 17.1 Å². The van der Waals surface area contributed by atoms with Crippen molar-refractivity contribution in [3.8, 4) is 0 Å². The van der Waals surface area contributed by atoms with Gasteiger partial charge in [-0.05, 0) is 42.8 Å². The zero-order valence-corrected chi connectivity index (χ0v) is 16.2. The van der Waals surface area contributed by atoms with Gasteiger partial charge in [-0.3, -0.25) is 14.3 Å². The number of benzene rings is 2. The highest BCUT2D eigenvalue weighted by Gasteiger charge is 2.17. The van der Waals surface area contributed by atoms with Gasteiger partial charge in [-0.1, -0.05) is 30.7 Å². The van der Waals surface area contributed by atoms with Crippen LogP contribution in [0.2, 0.25) is 5.02 Å². The third-order valence-corrected chi connectivity index (χ3v) is 5.08. The molecular formula is C18H20ClN3O4S. The fourth-order valence-corrected chi connectivity index (χ4v) is 3.45. The van der Waals surface area contributed by atoms with Crippen molar-refractivity contribution in [1.82, 2.24) is 10.6 Å². The van der Waals surface area contributed by atoms with E-state index in [1.54, 1.807) is 18.2 Å². The normalized spacial score (nSPS) is 10.9. The Morgan fingerprint density at radius 3 is 2.48 bits per heavy atom. The molecule has 0 fully saturated rings. The second-order valence-corrected chi connectivity index (χ2v) is 7.80. The van der Waals surface area contributed by atoms with Crippen LogP contribution in [0.25, 0.3) is 0 Å². The zero-order valence-electron chi connectivity index (χ0n) is 14.7. The summed E-state index contributed by atoms with van der Waals surface area (Å²) >= 11 is 5.86. The predicted molar refractivity (Wildman–Crippen MR) is 104 cm³/mol. The maximum absolute atomic E-state index is 12.5. The molecule has 0 heterocycles. The van der Waals surface area contributed by atoms with E-state index < -0.39 is 15.9 Å². The quantitative estimate of drug-likeness (QED) is 0.622. The first-order chi connectivity index (χ1) is 12.8. The van der Waals surface area contributed by atoms with E-state index in [4.69, 9.17) is 11.6 Å². The van der Waals surface area contributed by atoms with Crippen molar-refractivity contribution in [3.63, 3.8) is 0 Å². The highest BCUT2D eigenvalue weighted by Crippen LogP contribution is 2.20. The molecule has 0 aliphatic carbocycles. The molecule has 2 amide bonds. The van der Waals surface area contributed by atoms with Gasteiger partial charge in [-0.2, -0.15) is 0 Å². The van der Waals surface area contributed by atoms with Crippen molar-refractivity contribution in [3.05, 3.63) is 59.1 Å². The molecule has 3 N–H and O–H groups in total. The molecule has 0 saturated carbocycles. The van der Waals surface area contributed by atoms with Gasteiger partial charge in [-0.15, -0.1) is 0 Å². The van der Waals surface area contributed by atoms with Crippen LogP contribution in [0.1, 0.15) is 23.7 Å². The lowest BCUT2D eigenvalue weighted by atomic mass is 10.2. The number of hydrogen-bond donors (Lipinski definition) is 3. The summed E-state index contributed by atoms with van der Waals surface area (Å²) in [4.78, 5) is 23.7. The summed E-state index contributed by atoms with van der Waals surface area (Å²) in [5.41, 5.74) is 0.442. The second-order valence-electron chi connectivity index (χ2n) is 5.68. The van der Waals surface area contributed by atoms with E-state index in [0.29, 0.717) is 17.3 Å². The number of carbonyl (C=O) groups is 2. The molecular weight excluding hydrogens is 390 g/mol. The average Bonchev–Trinajstić information content (AvgIpc) is 2.64. The van der Waals surface area contributed by atoms with Crippen molar-refractivity contribution in [2.24, 2.45) is 0 Å². The van der Waals surface area contributed by atoms with E-state index >= 15 is 0 Å². The van der Waals surface area contributed by atoms with E-state index in [9.17, 15) is 18.0 Å². The molecule has 2 aromatic rings. The van der Waals surface area contributed by atoms with E-state index in [1.165, 1.54) is 30.3 Å². The van der Waals surface area contributed by atoms with Crippen molar-refractivity contribution >= 4 is 39.1 Å². The molecule has 0 spiro atoms. The second kappa shape index (κ2) is 9.38. The summed E-state index contributed by atoms with van der Waals surface area (Å²) in [6.07, 6.45) is 0.791. The lowest BCUT2D eigenvalue weighted by Gasteiger charge is -2.10. The maximum atomic E-state index is 12.5. The number of halogens is 1. The van der Waals surface area contributed by atoms with E-state index in [1.807, 2.05) is 6.92 Å². The molecule has 2 aromatic carbocycles. The summed E-state index contributed by atoms with van der Waals surface area (Å²) in [6.45, 7) is 2.26. The number of hydrogen-bond acceptors (Lipinski definition) is 4. The van der Waals surface area contributed by atoms with Gasteiger partial charge in [0.05, 0.1) is 17.1 Å². The molecule has 2 rings (SSSR count). The van der Waals surface area contributed by atoms with Gasteiger partial charge >= 0.3 is 0 Å². The maximum Gasteiger partial charge on any atom is 0.261 e. The van der Waals surface area contributed by atoms with Crippen LogP contribution in [-0.4, -0.2) is 33.3 Å². The predicted octanol–water partition coefficient (Wildman–Crippen LogP) is 2.40. The van der Waals surface area contributed by atoms with Crippen LogP contribution in [0.15, 0.2) is 53.4 Å². The Morgan fingerprint density at radius 1 is 1.04 bits per heavy atom. The summed E-state index contributed by atoms with van der Waals surface area (Å²) in [7, 11) is -3.90. The lowest BCUT2D eigenvalue weighted by molar-refractivity contribution is -0.120. The smallest absolute Gasteiger partial charge is 0.261 e. The van der Waals surface area contributed by atoms with Crippen molar-refractivity contribution < 1.29 is 18.0 Å². The number of anilines is 1. The summed E-state index contributed by atoms with van der Waals surface area (Å²) in [5, 5.41) is 5.49. The Labute approximate surface area is 163 Å². The molecule has 0 saturated heterocycles. The van der Waals surface area contributed by atoms with E-state index in [2.05, 4.69) is 15.4 Å². The van der Waals surface area contributed by atoms with Gasteiger partial charge in [0.1, 0.15) is 0 Å². The van der Waals surface area contributed by atoms with Gasteiger partial charge in [0.2, 0.25) is 5.91 Å². The van der Waals surface area contributed by atoms with Gasteiger partial charge in [-0.25, -0.2) is 8.42 Å². The number of amides is 2. The SMILES string of the molecule is CCCNC(=O)CNC(=O)c1cccc(S(=O)(=O)Nc2cccc(Cl)c2)c1. The molecule has 27 heavy (non-hydrogen) atoms. The molecule has 0 bridgehead atoms. The van der Waals surface area contributed by atoms with Gasteiger partial charge < -0.3 is 10.6 Å². The number of nitrogens with one attached hydrogen (secondary N) is 3. The minimum Gasteiger partial charge on any atom is -0.355 e. The molecule has 0 radical (unpaired) electrons. The summed E-state index contributed by atoms with van der Waals surface area (Å²) in [5.74, 6) is -0.849. The van der Waals surface area contributed by atoms with Crippen molar-refractivity contribution in [2.75, 3.05) is 17.8 Å². The summed E-state index contributed by atoms with van der Waals surface area (Å²) in [6, 6.07) is 11.8. The van der Waals surface area contributed by atoms with Crippen LogP contribution in [-0.2, 0) is 14.8 Å². The standard InChI is InChI=1S/C18H20ClN3O4S/c1-2-9-20-17(23)12-21-18(24)13-5-3-8-16(10-13)27(25,26)22-15-7-4-6-14(19)11-15/h3-8,10-11,22H,2,9,12H2,1H3,(H,20,23)(H,21,24). The highest BCUT2D eigenvalue weighted by atomic mass is 35.5. The minimum atomic E-state index is -3.90. The van der Waals surface area contributed by atoms with Crippen LogP contribution in [0.3, 0.4) is 0 Å². The first-order valence-electron chi connectivity index (χ1n) is 8.25. The zero-order chi connectivity index (χ0) is 19.9. The third-order valence-electron chi connectivity index (χ3n) is 3.47. The molecule has 0 aliphatic rings. The number of rotatable bonds is 8. The largest absolute Gasteiger partial charge is 0.355 e. The molecule has 144 valence electrons. The molecule has 7 nitrogen and oxygen atoms in total. The first-order valence-corrected chi connectivity index (χ1v) is 10.1. The monoisotopic (exact) mass is 409 g/mol. The van der Waals surface area contributed by atoms with Crippen LogP contribution < -0.4 is 15.4 Å². The van der Waals surface area contributed by atoms with Gasteiger partial charge in [0.25, 0.3) is 15.9 Å². The number of carbonyl (C=O) groups excluding carboxylic acids is 2. The van der Waals surface area contributed by atoms with Crippen LogP contribution >= 0.6 is 11.6 Å². The third kappa shape index (κ3) is 6.26. The van der Waals surface area contributed by atoms with Crippen LogP contribution in [0.5, 0.6) is 0 Å². The van der Waals surface area contributed by atoms with Gasteiger partial charge in [0.15, 0.2) is 0 Å². The highest BCUT2D eigenvalue weighted by molar-refractivity contribution is 7.92. The Morgan fingerprint density at radius 2 is 1.78 bits per heavy atom. The Balaban J connectivity index is 2.09. The Bertz CT molecular complexity index is 932. The molecule has 0 aromatic heterocycles. The summed E-state index contributed by atoms with van der Waals surface area (Å²) < 4.78 is 27.5. The molecule has 0 aliphatic heterocycles. The number of sulfonamides is 1. The minimum absolute atomic E-state index is 0.0782. The molecule has 0 atom stereocenters. The Kier molecular flexibility index (Phi) is 7.20. The first kappa shape index (κ1) is 20.7. The lowest BCUT2D eigenvalue weighted by Crippen LogP contribution is -2.37. The van der Waals surface area contributed by atoms with Crippen LogP contribution in [0, 0.1) is 0 Å². The van der Waals surface area contributed by atoms with E-state index in [0.717, 1.165) is 6.42 Å². The Hall–Kier alpha value is -2.58. The topological polar surface area (TPSA) is 104 Å². The van der Waals surface area contributed by atoms with Crippen molar-refractivity contribution in [2.45, 2.75) is 18.2 Å². The van der Waals surface area contributed by atoms with Crippen LogP contribution in [0.4, 0.5) is 5.69 Å².